The number of methoxy groups -OCH3 is 1. The number of fused-ring (bicyclic) bond motifs is 2. The first kappa shape index (κ1) is 22.9. The van der Waals surface area contributed by atoms with Gasteiger partial charge in [-0.3, -0.25) is 9.59 Å². The fraction of sp³-hybridized carbons (Fsp3) is 0.241. The van der Waals surface area contributed by atoms with Gasteiger partial charge in [0.25, 0.3) is 5.91 Å². The summed E-state index contributed by atoms with van der Waals surface area (Å²) in [6, 6.07) is 20.6. The number of hydrogen-bond acceptors (Lipinski definition) is 5. The Morgan fingerprint density at radius 1 is 0.971 bits per heavy atom. The Hall–Kier alpha value is -3.90. The monoisotopic (exact) mass is 469 g/mol. The van der Waals surface area contributed by atoms with E-state index in [-0.39, 0.29) is 17.1 Å². The highest BCUT2D eigenvalue weighted by molar-refractivity contribution is 5.99. The molecule has 4 aromatic rings. The number of aryl methyl sites for hydroxylation is 2. The van der Waals surface area contributed by atoms with Gasteiger partial charge < -0.3 is 18.8 Å². The molecule has 2 heterocycles. The Kier molecular flexibility index (Phi) is 6.14. The molecule has 6 heteroatoms. The Bertz CT molecular complexity index is 1460. The fourth-order valence-electron chi connectivity index (χ4n) is 4.80. The highest BCUT2D eigenvalue weighted by Gasteiger charge is 2.42. The van der Waals surface area contributed by atoms with Gasteiger partial charge in [0.2, 0.25) is 5.76 Å². The van der Waals surface area contributed by atoms with E-state index in [1.807, 2.05) is 80.6 Å². The molecule has 178 valence electrons. The van der Waals surface area contributed by atoms with Gasteiger partial charge in [0.15, 0.2) is 5.43 Å². The highest BCUT2D eigenvalue weighted by Crippen LogP contribution is 2.39. The van der Waals surface area contributed by atoms with Crippen LogP contribution in [-0.4, -0.2) is 31.1 Å². The number of amides is 1. The molecule has 0 bridgehead atoms. The van der Waals surface area contributed by atoms with Crippen LogP contribution >= 0.6 is 0 Å². The lowest BCUT2D eigenvalue weighted by Gasteiger charge is -2.25. The number of nitrogens with zero attached hydrogens (tertiary/aromatic N) is 1. The van der Waals surface area contributed by atoms with E-state index in [0.717, 1.165) is 22.3 Å². The first-order valence-corrected chi connectivity index (χ1v) is 11.6. The number of benzene rings is 3. The summed E-state index contributed by atoms with van der Waals surface area (Å²) in [7, 11) is 1.59. The number of ether oxygens (including phenoxy) is 2. The van der Waals surface area contributed by atoms with Gasteiger partial charge in [-0.15, -0.1) is 0 Å². The molecule has 0 saturated carbocycles. The second-order valence-electron chi connectivity index (χ2n) is 8.87. The molecule has 1 unspecified atom stereocenters. The van der Waals surface area contributed by atoms with E-state index in [2.05, 4.69) is 0 Å². The third kappa shape index (κ3) is 4.21. The van der Waals surface area contributed by atoms with E-state index in [9.17, 15) is 9.59 Å². The molecule has 0 N–H and O–H groups in total. The van der Waals surface area contributed by atoms with Crippen molar-refractivity contribution in [2.24, 2.45) is 0 Å². The first-order chi connectivity index (χ1) is 17.0. The topological polar surface area (TPSA) is 69.0 Å². The van der Waals surface area contributed by atoms with Crippen LogP contribution in [0.15, 0.2) is 75.9 Å². The summed E-state index contributed by atoms with van der Waals surface area (Å²) < 4.78 is 17.4. The maximum Gasteiger partial charge on any atom is 0.290 e. The average Bonchev–Trinajstić information content (AvgIpc) is 3.13. The van der Waals surface area contributed by atoms with Crippen molar-refractivity contribution in [1.29, 1.82) is 0 Å². The van der Waals surface area contributed by atoms with Crippen LogP contribution in [0.3, 0.4) is 0 Å². The van der Waals surface area contributed by atoms with Gasteiger partial charge >= 0.3 is 0 Å². The predicted octanol–water partition coefficient (Wildman–Crippen LogP) is 5.18. The van der Waals surface area contributed by atoms with E-state index in [1.165, 1.54) is 0 Å². The van der Waals surface area contributed by atoms with Crippen LogP contribution in [-0.2, 0) is 11.3 Å². The number of hydrogen-bond donors (Lipinski definition) is 0. The third-order valence-electron chi connectivity index (χ3n) is 6.37. The number of rotatable bonds is 7. The van der Waals surface area contributed by atoms with Crippen LogP contribution < -0.4 is 10.2 Å². The quantitative estimate of drug-likeness (QED) is 0.373. The second-order valence-corrected chi connectivity index (χ2v) is 8.87. The Morgan fingerprint density at radius 2 is 1.77 bits per heavy atom. The van der Waals surface area contributed by atoms with Crippen molar-refractivity contribution in [3.8, 4) is 5.75 Å². The van der Waals surface area contributed by atoms with E-state index in [0.29, 0.717) is 42.0 Å². The van der Waals surface area contributed by atoms with Crippen molar-refractivity contribution in [3.05, 3.63) is 111 Å². The lowest BCUT2D eigenvalue weighted by Crippen LogP contribution is -2.32. The molecule has 0 aliphatic carbocycles. The van der Waals surface area contributed by atoms with Crippen LogP contribution in [0.4, 0.5) is 0 Å². The van der Waals surface area contributed by atoms with Gasteiger partial charge in [0, 0.05) is 13.7 Å². The molecule has 1 amide bonds. The van der Waals surface area contributed by atoms with E-state index in [1.54, 1.807) is 12.0 Å². The van der Waals surface area contributed by atoms with Gasteiger partial charge in [-0.2, -0.15) is 0 Å². The van der Waals surface area contributed by atoms with Crippen molar-refractivity contribution >= 4 is 16.9 Å². The van der Waals surface area contributed by atoms with Gasteiger partial charge in [-0.25, -0.2) is 0 Å². The van der Waals surface area contributed by atoms with E-state index >= 15 is 0 Å². The number of carbonyl (C=O) groups is 1. The van der Waals surface area contributed by atoms with Crippen molar-refractivity contribution < 1.29 is 18.7 Å². The predicted molar refractivity (Wildman–Crippen MR) is 134 cm³/mol. The standard InChI is InChI=1S/C29H27NO5/c1-18-14-19(2)24-23(15-18)35-28-25(27(24)31)26(30(29(28)32)12-13-33-3)21-10-7-11-22(16-21)34-17-20-8-5-4-6-9-20/h4-11,14-16,26H,12-13,17H2,1-3H3. The SMILES string of the molecule is COCCN1C(=O)c2oc3cc(C)cc(C)c3c(=O)c2C1c1cccc(OCc2ccccc2)c1. The summed E-state index contributed by atoms with van der Waals surface area (Å²) in [4.78, 5) is 28.9. The fourth-order valence-corrected chi connectivity index (χ4v) is 4.80. The molecule has 1 atom stereocenters. The third-order valence-corrected chi connectivity index (χ3v) is 6.37. The minimum Gasteiger partial charge on any atom is -0.489 e. The summed E-state index contributed by atoms with van der Waals surface area (Å²) >= 11 is 0. The zero-order chi connectivity index (χ0) is 24.5. The summed E-state index contributed by atoms with van der Waals surface area (Å²) in [5.41, 5.74) is 4.27. The normalized spacial score (nSPS) is 15.0. The van der Waals surface area contributed by atoms with Crippen LogP contribution in [0.25, 0.3) is 11.0 Å². The molecule has 0 spiro atoms. The molecule has 0 radical (unpaired) electrons. The van der Waals surface area contributed by atoms with Crippen molar-refractivity contribution in [2.45, 2.75) is 26.5 Å². The van der Waals surface area contributed by atoms with Crippen molar-refractivity contribution in [2.75, 3.05) is 20.3 Å². The minimum absolute atomic E-state index is 0.101. The molecule has 5 rings (SSSR count). The summed E-state index contributed by atoms with van der Waals surface area (Å²) in [5, 5.41) is 0.511. The molecule has 1 aliphatic rings. The van der Waals surface area contributed by atoms with Crippen LogP contribution in [0, 0.1) is 13.8 Å². The zero-order valence-corrected chi connectivity index (χ0v) is 20.0. The summed E-state index contributed by atoms with van der Waals surface area (Å²) in [5.74, 6) is 0.455. The lowest BCUT2D eigenvalue weighted by molar-refractivity contribution is 0.0663. The maximum atomic E-state index is 13.8. The molecular formula is C29H27NO5. The van der Waals surface area contributed by atoms with Crippen LogP contribution in [0.2, 0.25) is 0 Å². The molecular weight excluding hydrogens is 442 g/mol. The van der Waals surface area contributed by atoms with Gasteiger partial charge in [0.1, 0.15) is 17.9 Å². The highest BCUT2D eigenvalue weighted by atomic mass is 16.5. The molecule has 1 aromatic heterocycles. The molecule has 0 saturated heterocycles. The van der Waals surface area contributed by atoms with E-state index in [4.69, 9.17) is 13.9 Å². The average molecular weight is 470 g/mol. The van der Waals surface area contributed by atoms with Gasteiger partial charge in [-0.05, 0) is 54.3 Å². The number of carbonyl (C=O) groups excluding carboxylic acids is 1. The largest absolute Gasteiger partial charge is 0.489 e. The molecule has 35 heavy (non-hydrogen) atoms. The van der Waals surface area contributed by atoms with E-state index < -0.39 is 6.04 Å². The maximum absolute atomic E-state index is 13.8. The van der Waals surface area contributed by atoms with Crippen LogP contribution in [0.1, 0.15) is 44.4 Å². The second kappa shape index (κ2) is 9.39. The Morgan fingerprint density at radius 3 is 2.54 bits per heavy atom. The van der Waals surface area contributed by atoms with Crippen molar-refractivity contribution in [1.82, 2.24) is 4.90 Å². The Balaban J connectivity index is 1.60. The first-order valence-electron chi connectivity index (χ1n) is 11.6. The summed E-state index contributed by atoms with van der Waals surface area (Å²) in [6.45, 7) is 4.92. The lowest BCUT2D eigenvalue weighted by atomic mass is 9.96. The van der Waals surface area contributed by atoms with Crippen molar-refractivity contribution in [3.63, 3.8) is 0 Å². The summed E-state index contributed by atoms with van der Waals surface area (Å²) in [6.07, 6.45) is 0. The molecule has 6 nitrogen and oxygen atoms in total. The smallest absolute Gasteiger partial charge is 0.290 e. The zero-order valence-electron chi connectivity index (χ0n) is 20.0. The molecule has 1 aliphatic heterocycles. The van der Waals surface area contributed by atoms with Gasteiger partial charge in [0.05, 0.1) is 23.6 Å². The molecule has 0 fully saturated rings. The Labute approximate surface area is 203 Å². The molecule has 3 aromatic carbocycles. The minimum atomic E-state index is -0.589. The van der Waals surface area contributed by atoms with Crippen LogP contribution in [0.5, 0.6) is 5.75 Å². The van der Waals surface area contributed by atoms with Gasteiger partial charge in [-0.1, -0.05) is 48.5 Å².